The lowest BCUT2D eigenvalue weighted by Gasteiger charge is -2.34. The third-order valence-electron chi connectivity index (χ3n) is 5.26. The van der Waals surface area contributed by atoms with Crippen LogP contribution in [0, 0.1) is 0 Å². The number of likely N-dealkylation sites (tertiary alicyclic amines) is 1. The Morgan fingerprint density at radius 1 is 0.968 bits per heavy atom. The molecule has 2 aromatic rings. The molecule has 0 unspecified atom stereocenters. The molecule has 1 heterocycles. The summed E-state index contributed by atoms with van der Waals surface area (Å²) in [6, 6.07) is 18.8. The van der Waals surface area contributed by atoms with Gasteiger partial charge in [-0.15, -0.1) is 24.0 Å². The molecule has 1 N–H and O–H groups in total. The summed E-state index contributed by atoms with van der Waals surface area (Å²) in [5.74, 6) is 0.998. The van der Waals surface area contributed by atoms with Crippen molar-refractivity contribution in [3.63, 3.8) is 0 Å². The average Bonchev–Trinajstić information content (AvgIpc) is 2.78. The number of ether oxygens (including phenoxy) is 2. The van der Waals surface area contributed by atoms with Crippen molar-refractivity contribution in [2.24, 2.45) is 4.99 Å². The summed E-state index contributed by atoms with van der Waals surface area (Å²) in [5.41, 5.74) is 3.58. The maximum Gasteiger partial charge on any atom is 0.194 e. The topological polar surface area (TPSA) is 46.1 Å². The predicted molar refractivity (Wildman–Crippen MR) is 138 cm³/mol. The summed E-state index contributed by atoms with van der Waals surface area (Å²) in [7, 11) is 0. The van der Waals surface area contributed by atoms with Gasteiger partial charge in [-0.3, -0.25) is 0 Å². The van der Waals surface area contributed by atoms with Crippen LogP contribution in [0.15, 0.2) is 59.6 Å². The lowest BCUT2D eigenvalue weighted by Crippen LogP contribution is -2.47. The Labute approximate surface area is 204 Å². The minimum Gasteiger partial charge on any atom is -0.378 e. The number of benzene rings is 2. The maximum atomic E-state index is 5.88. The minimum absolute atomic E-state index is 0. The number of halogens is 1. The van der Waals surface area contributed by atoms with E-state index in [9.17, 15) is 0 Å². The number of guanidine groups is 1. The third kappa shape index (κ3) is 8.79. The van der Waals surface area contributed by atoms with Crippen LogP contribution in [-0.4, -0.2) is 43.2 Å². The maximum absolute atomic E-state index is 5.88. The fourth-order valence-corrected chi connectivity index (χ4v) is 3.74. The summed E-state index contributed by atoms with van der Waals surface area (Å²) in [6.45, 7) is 9.74. The number of rotatable bonds is 9. The van der Waals surface area contributed by atoms with Crippen LogP contribution >= 0.6 is 24.0 Å². The average molecular weight is 537 g/mol. The van der Waals surface area contributed by atoms with Crippen LogP contribution in [0.3, 0.4) is 0 Å². The van der Waals surface area contributed by atoms with Gasteiger partial charge in [0, 0.05) is 26.2 Å². The van der Waals surface area contributed by atoms with E-state index in [1.165, 1.54) is 16.7 Å². The normalized spacial score (nSPS) is 14.9. The zero-order chi connectivity index (χ0) is 21.0. The van der Waals surface area contributed by atoms with E-state index in [2.05, 4.69) is 60.5 Å². The molecule has 2 aromatic carbocycles. The Balaban J connectivity index is 0.00000341. The van der Waals surface area contributed by atoms with E-state index in [0.717, 1.165) is 45.0 Å². The Bertz CT molecular complexity index is 777. The van der Waals surface area contributed by atoms with Crippen molar-refractivity contribution in [2.45, 2.75) is 52.6 Å². The highest BCUT2D eigenvalue weighted by molar-refractivity contribution is 14.0. The number of nitrogens with zero attached hydrogens (tertiary/aromatic N) is 2. The molecule has 0 saturated carbocycles. The van der Waals surface area contributed by atoms with Gasteiger partial charge in [-0.05, 0) is 43.4 Å². The molecule has 6 heteroatoms. The highest BCUT2D eigenvalue weighted by atomic mass is 127. The van der Waals surface area contributed by atoms with Gasteiger partial charge < -0.3 is 19.7 Å². The number of nitrogens with one attached hydrogen (secondary N) is 1. The van der Waals surface area contributed by atoms with Gasteiger partial charge in [-0.1, -0.05) is 54.6 Å². The first-order valence-electron chi connectivity index (χ1n) is 11.1. The van der Waals surface area contributed by atoms with Crippen LogP contribution < -0.4 is 5.32 Å². The molecule has 170 valence electrons. The molecule has 0 aromatic heterocycles. The molecular weight excluding hydrogens is 501 g/mol. The number of aliphatic imine (C=N–C) groups is 1. The summed E-state index contributed by atoms with van der Waals surface area (Å²) >= 11 is 0. The van der Waals surface area contributed by atoms with Gasteiger partial charge in [0.25, 0.3) is 0 Å². The predicted octanol–water partition coefficient (Wildman–Crippen LogP) is 4.99. The third-order valence-corrected chi connectivity index (χ3v) is 5.26. The Kier molecular flexibility index (Phi) is 11.9. The van der Waals surface area contributed by atoms with Crippen LogP contribution in [0.2, 0.25) is 0 Å². The minimum atomic E-state index is 0. The quantitative estimate of drug-likeness (QED) is 0.278. The smallest absolute Gasteiger partial charge is 0.194 e. The molecule has 1 aliphatic heterocycles. The molecule has 0 bridgehead atoms. The second kappa shape index (κ2) is 14.4. The van der Waals surface area contributed by atoms with Crippen molar-refractivity contribution in [3.05, 3.63) is 71.3 Å². The number of hydrogen-bond acceptors (Lipinski definition) is 3. The molecule has 1 aliphatic rings. The van der Waals surface area contributed by atoms with Crippen LogP contribution in [0.5, 0.6) is 0 Å². The Hall–Kier alpha value is -1.64. The van der Waals surface area contributed by atoms with Gasteiger partial charge in [-0.25, -0.2) is 4.99 Å². The molecule has 5 nitrogen and oxygen atoms in total. The second-order valence-electron chi connectivity index (χ2n) is 7.61. The highest BCUT2D eigenvalue weighted by Gasteiger charge is 2.21. The molecule has 0 atom stereocenters. The summed E-state index contributed by atoms with van der Waals surface area (Å²) < 4.78 is 11.7. The van der Waals surface area contributed by atoms with Crippen molar-refractivity contribution in [1.82, 2.24) is 10.2 Å². The van der Waals surface area contributed by atoms with Crippen LogP contribution in [0.1, 0.15) is 43.4 Å². The molecule has 3 rings (SSSR count). The van der Waals surface area contributed by atoms with E-state index in [4.69, 9.17) is 14.5 Å². The van der Waals surface area contributed by atoms with Crippen LogP contribution in [-0.2, 0) is 29.2 Å². The SMILES string of the molecule is CCNC(=NCc1cccc(COCc2ccccc2)c1)N1CCC(OCC)CC1.I. The lowest BCUT2D eigenvalue weighted by molar-refractivity contribution is 0.0263. The summed E-state index contributed by atoms with van der Waals surface area (Å²) in [5, 5.41) is 3.45. The van der Waals surface area contributed by atoms with E-state index < -0.39 is 0 Å². The van der Waals surface area contributed by atoms with E-state index in [-0.39, 0.29) is 24.0 Å². The zero-order valence-corrected chi connectivity index (χ0v) is 21.1. The fraction of sp³-hybridized carbons (Fsp3) is 0.480. The largest absolute Gasteiger partial charge is 0.378 e. The van der Waals surface area contributed by atoms with Crippen molar-refractivity contribution in [2.75, 3.05) is 26.2 Å². The zero-order valence-electron chi connectivity index (χ0n) is 18.8. The van der Waals surface area contributed by atoms with E-state index >= 15 is 0 Å². The van der Waals surface area contributed by atoms with Crippen molar-refractivity contribution < 1.29 is 9.47 Å². The van der Waals surface area contributed by atoms with Crippen LogP contribution in [0.25, 0.3) is 0 Å². The second-order valence-corrected chi connectivity index (χ2v) is 7.61. The van der Waals surface area contributed by atoms with Gasteiger partial charge in [-0.2, -0.15) is 0 Å². The highest BCUT2D eigenvalue weighted by Crippen LogP contribution is 2.15. The van der Waals surface area contributed by atoms with Gasteiger partial charge in [0.15, 0.2) is 5.96 Å². The molecule has 31 heavy (non-hydrogen) atoms. The first kappa shape index (κ1) is 25.6. The first-order chi connectivity index (χ1) is 14.8. The van der Waals surface area contributed by atoms with E-state index in [1.54, 1.807) is 0 Å². The van der Waals surface area contributed by atoms with E-state index in [1.807, 2.05) is 18.2 Å². The molecule has 1 saturated heterocycles. The molecule has 1 fully saturated rings. The Morgan fingerprint density at radius 2 is 1.65 bits per heavy atom. The van der Waals surface area contributed by atoms with E-state index in [0.29, 0.717) is 25.9 Å². The van der Waals surface area contributed by atoms with Crippen molar-refractivity contribution in [3.8, 4) is 0 Å². The molecule has 0 aliphatic carbocycles. The van der Waals surface area contributed by atoms with Gasteiger partial charge in [0.2, 0.25) is 0 Å². The Morgan fingerprint density at radius 3 is 2.35 bits per heavy atom. The van der Waals surface area contributed by atoms with Crippen molar-refractivity contribution >= 4 is 29.9 Å². The van der Waals surface area contributed by atoms with Gasteiger partial charge in [0.05, 0.1) is 25.9 Å². The molecular formula is C25H36IN3O2. The van der Waals surface area contributed by atoms with Crippen LogP contribution in [0.4, 0.5) is 0 Å². The number of hydrogen-bond donors (Lipinski definition) is 1. The standard InChI is InChI=1S/C25H35N3O2.HI/c1-3-26-25(28-15-13-24(14-16-28)30-4-2)27-18-22-11-8-12-23(17-22)20-29-19-21-9-6-5-7-10-21;/h5-12,17,24H,3-4,13-16,18-20H2,1-2H3,(H,26,27);1H. The lowest BCUT2D eigenvalue weighted by atomic mass is 10.1. The summed E-state index contributed by atoms with van der Waals surface area (Å²) in [6.07, 6.45) is 2.51. The monoisotopic (exact) mass is 537 g/mol. The molecule has 0 amide bonds. The first-order valence-corrected chi connectivity index (χ1v) is 11.1. The van der Waals surface area contributed by atoms with Gasteiger partial charge >= 0.3 is 0 Å². The van der Waals surface area contributed by atoms with Crippen molar-refractivity contribution in [1.29, 1.82) is 0 Å². The fourth-order valence-electron chi connectivity index (χ4n) is 3.74. The number of piperidine rings is 1. The molecule has 0 radical (unpaired) electrons. The van der Waals surface area contributed by atoms with Gasteiger partial charge in [0.1, 0.15) is 0 Å². The molecule has 0 spiro atoms. The summed E-state index contributed by atoms with van der Waals surface area (Å²) in [4.78, 5) is 7.25.